The van der Waals surface area contributed by atoms with Gasteiger partial charge in [0, 0.05) is 18.8 Å². The number of rotatable bonds is 7. The predicted molar refractivity (Wildman–Crippen MR) is 131 cm³/mol. The van der Waals surface area contributed by atoms with Crippen molar-refractivity contribution in [2.75, 3.05) is 36.5 Å². The Morgan fingerprint density at radius 1 is 1.09 bits per heavy atom. The molecule has 2 aliphatic rings. The molecule has 9 heteroatoms. The van der Waals surface area contributed by atoms with Crippen LogP contribution in [0.15, 0.2) is 47.4 Å². The van der Waals surface area contributed by atoms with Crippen molar-refractivity contribution in [3.63, 3.8) is 0 Å². The van der Waals surface area contributed by atoms with Gasteiger partial charge in [-0.05, 0) is 69.5 Å². The van der Waals surface area contributed by atoms with Crippen LogP contribution in [0.3, 0.4) is 0 Å². The monoisotopic (exact) mass is 485 g/mol. The molecule has 0 bridgehead atoms. The van der Waals surface area contributed by atoms with E-state index in [0.29, 0.717) is 42.4 Å². The second-order valence-corrected chi connectivity index (χ2v) is 11.1. The number of sulfonamides is 1. The van der Waals surface area contributed by atoms with Gasteiger partial charge in [-0.25, -0.2) is 8.42 Å². The Morgan fingerprint density at radius 3 is 2.50 bits per heavy atom. The number of benzene rings is 2. The molecule has 0 radical (unpaired) electrons. The Kier molecular flexibility index (Phi) is 6.69. The molecule has 0 saturated carbocycles. The van der Waals surface area contributed by atoms with Crippen molar-refractivity contribution >= 4 is 33.2 Å². The molecular formula is C25H31N3O5S. The molecule has 34 heavy (non-hydrogen) atoms. The Morgan fingerprint density at radius 2 is 1.79 bits per heavy atom. The van der Waals surface area contributed by atoms with Crippen LogP contribution in [0.5, 0.6) is 5.75 Å². The highest BCUT2D eigenvalue weighted by atomic mass is 32.2. The minimum atomic E-state index is -3.63. The van der Waals surface area contributed by atoms with Crippen LogP contribution in [0.4, 0.5) is 11.4 Å². The van der Waals surface area contributed by atoms with E-state index in [0.717, 1.165) is 19.3 Å². The number of carbonyl (C=O) groups is 2. The molecule has 0 unspecified atom stereocenters. The molecule has 1 N–H and O–H groups in total. The maximum absolute atomic E-state index is 13.3. The summed E-state index contributed by atoms with van der Waals surface area (Å²) < 4.78 is 33.4. The van der Waals surface area contributed by atoms with E-state index in [1.807, 2.05) is 13.0 Å². The molecule has 1 fully saturated rings. The van der Waals surface area contributed by atoms with Gasteiger partial charge < -0.3 is 15.0 Å². The first-order valence-corrected chi connectivity index (χ1v) is 13.1. The number of hydrogen-bond acceptors (Lipinski definition) is 5. The number of nitrogens with one attached hydrogen (secondary N) is 1. The van der Waals surface area contributed by atoms with Gasteiger partial charge in [-0.1, -0.05) is 18.6 Å². The Bertz CT molecular complexity index is 1200. The number of nitrogens with zero attached hydrogens (tertiary/aromatic N) is 2. The number of anilines is 2. The first-order valence-electron chi connectivity index (χ1n) is 11.6. The second kappa shape index (κ2) is 9.38. The van der Waals surface area contributed by atoms with E-state index in [2.05, 4.69) is 5.32 Å². The maximum atomic E-state index is 13.3. The van der Waals surface area contributed by atoms with Gasteiger partial charge >= 0.3 is 0 Å². The highest BCUT2D eigenvalue weighted by Gasteiger charge is 2.45. The first-order chi connectivity index (χ1) is 16.2. The molecule has 2 amide bonds. The van der Waals surface area contributed by atoms with Crippen molar-refractivity contribution in [2.45, 2.75) is 50.3 Å². The molecule has 182 valence electrons. The minimum absolute atomic E-state index is 0.186. The lowest BCUT2D eigenvalue weighted by Crippen LogP contribution is -2.40. The van der Waals surface area contributed by atoms with Gasteiger partial charge in [0.1, 0.15) is 12.3 Å². The summed E-state index contributed by atoms with van der Waals surface area (Å²) in [5.41, 5.74) is 0.745. The van der Waals surface area contributed by atoms with Gasteiger partial charge in [0.15, 0.2) is 0 Å². The van der Waals surface area contributed by atoms with E-state index >= 15 is 0 Å². The summed E-state index contributed by atoms with van der Waals surface area (Å²) in [6.45, 7) is 6.67. The molecule has 0 atom stereocenters. The zero-order chi connectivity index (χ0) is 24.5. The summed E-state index contributed by atoms with van der Waals surface area (Å²) in [6, 6.07) is 11.9. The molecule has 0 spiro atoms. The predicted octanol–water partition coefficient (Wildman–Crippen LogP) is 3.52. The number of hydrogen-bond donors (Lipinski definition) is 1. The zero-order valence-electron chi connectivity index (χ0n) is 19.8. The third kappa shape index (κ3) is 4.42. The number of para-hydroxylation sites is 2. The zero-order valence-corrected chi connectivity index (χ0v) is 20.7. The smallest absolute Gasteiger partial charge is 0.244 e. The first kappa shape index (κ1) is 24.2. The highest BCUT2D eigenvalue weighted by molar-refractivity contribution is 7.89. The number of carbonyl (C=O) groups excluding carboxylic acids is 2. The van der Waals surface area contributed by atoms with Gasteiger partial charge in [0.2, 0.25) is 21.8 Å². The summed E-state index contributed by atoms with van der Waals surface area (Å²) in [5.74, 6) is -0.0585. The third-order valence-electron chi connectivity index (χ3n) is 6.43. The topological polar surface area (TPSA) is 96.0 Å². The quantitative estimate of drug-likeness (QED) is 0.647. The molecule has 2 aliphatic heterocycles. The average Bonchev–Trinajstić information content (AvgIpc) is 3.01. The molecule has 2 heterocycles. The fraction of sp³-hybridized carbons (Fsp3) is 0.440. The SMILES string of the molecule is CCOc1ccccc1NC(=O)CN1C(=O)C(C)(C)c2cc(S(=O)(=O)N3CCCCC3)ccc21. The minimum Gasteiger partial charge on any atom is -0.492 e. The summed E-state index contributed by atoms with van der Waals surface area (Å²) in [7, 11) is -3.63. The molecule has 2 aromatic carbocycles. The summed E-state index contributed by atoms with van der Waals surface area (Å²) >= 11 is 0. The molecule has 1 saturated heterocycles. The van der Waals surface area contributed by atoms with Crippen molar-refractivity contribution in [1.82, 2.24) is 4.31 Å². The molecular weight excluding hydrogens is 454 g/mol. The third-order valence-corrected chi connectivity index (χ3v) is 8.32. The van der Waals surface area contributed by atoms with Crippen molar-refractivity contribution < 1.29 is 22.7 Å². The second-order valence-electron chi connectivity index (χ2n) is 9.14. The standard InChI is InChI=1S/C25H31N3O5S/c1-4-33-22-11-7-6-10-20(22)26-23(29)17-28-21-13-12-18(16-19(21)25(2,3)24(28)30)34(31,32)27-14-8-5-9-15-27/h6-7,10-13,16H,4-5,8-9,14-15,17H2,1-3H3,(H,26,29). The fourth-order valence-electron chi connectivity index (χ4n) is 4.57. The number of ether oxygens (including phenoxy) is 1. The molecule has 4 rings (SSSR count). The van der Waals surface area contributed by atoms with Gasteiger partial charge in [-0.3, -0.25) is 9.59 Å². The lowest BCUT2D eigenvalue weighted by Gasteiger charge is -2.26. The maximum Gasteiger partial charge on any atom is 0.244 e. The lowest BCUT2D eigenvalue weighted by molar-refractivity contribution is -0.124. The fourth-order valence-corrected chi connectivity index (χ4v) is 6.11. The lowest BCUT2D eigenvalue weighted by atomic mass is 9.86. The Labute approximate surface area is 200 Å². The van der Waals surface area contributed by atoms with E-state index in [4.69, 9.17) is 4.74 Å². The summed E-state index contributed by atoms with van der Waals surface area (Å²) in [5, 5.41) is 2.82. The highest BCUT2D eigenvalue weighted by Crippen LogP contribution is 2.43. The normalized spacial score (nSPS) is 18.0. The van der Waals surface area contributed by atoms with E-state index in [1.165, 1.54) is 15.3 Å². The number of amides is 2. The van der Waals surface area contributed by atoms with Gasteiger partial charge in [0.25, 0.3) is 0 Å². The molecule has 8 nitrogen and oxygen atoms in total. The Balaban J connectivity index is 1.59. The van der Waals surface area contributed by atoms with Crippen LogP contribution in [-0.2, 0) is 25.0 Å². The van der Waals surface area contributed by atoms with Gasteiger partial charge in [0.05, 0.1) is 22.6 Å². The van der Waals surface area contributed by atoms with Crippen LogP contribution >= 0.6 is 0 Å². The van der Waals surface area contributed by atoms with E-state index in [-0.39, 0.29) is 23.3 Å². The molecule has 2 aromatic rings. The van der Waals surface area contributed by atoms with Gasteiger partial charge in [-0.15, -0.1) is 0 Å². The Hall–Kier alpha value is -2.91. The van der Waals surface area contributed by atoms with Crippen LogP contribution in [0, 0.1) is 0 Å². The van der Waals surface area contributed by atoms with E-state index in [9.17, 15) is 18.0 Å². The number of piperidine rings is 1. The summed E-state index contributed by atoms with van der Waals surface area (Å²) in [4.78, 5) is 27.7. The van der Waals surface area contributed by atoms with Crippen LogP contribution in [0.25, 0.3) is 0 Å². The van der Waals surface area contributed by atoms with Crippen LogP contribution in [-0.4, -0.2) is 50.8 Å². The van der Waals surface area contributed by atoms with Crippen LogP contribution in [0.1, 0.15) is 45.6 Å². The molecule has 0 aliphatic carbocycles. The van der Waals surface area contributed by atoms with Crippen molar-refractivity contribution in [3.8, 4) is 5.75 Å². The van der Waals surface area contributed by atoms with Crippen molar-refractivity contribution in [2.24, 2.45) is 0 Å². The van der Waals surface area contributed by atoms with E-state index < -0.39 is 15.4 Å². The number of fused-ring (bicyclic) bond motifs is 1. The molecule has 0 aromatic heterocycles. The largest absolute Gasteiger partial charge is 0.492 e. The average molecular weight is 486 g/mol. The van der Waals surface area contributed by atoms with Crippen molar-refractivity contribution in [1.29, 1.82) is 0 Å². The summed E-state index contributed by atoms with van der Waals surface area (Å²) in [6.07, 6.45) is 2.73. The van der Waals surface area contributed by atoms with Gasteiger partial charge in [-0.2, -0.15) is 4.31 Å². The van der Waals surface area contributed by atoms with Crippen molar-refractivity contribution in [3.05, 3.63) is 48.0 Å². The van der Waals surface area contributed by atoms with Crippen LogP contribution in [0.2, 0.25) is 0 Å². The van der Waals surface area contributed by atoms with E-state index in [1.54, 1.807) is 44.2 Å². The van der Waals surface area contributed by atoms with Crippen LogP contribution < -0.4 is 15.0 Å².